The third kappa shape index (κ3) is 4.16. The second kappa shape index (κ2) is 5.95. The molecule has 5 heteroatoms. The van der Waals surface area contributed by atoms with Crippen molar-refractivity contribution in [1.29, 1.82) is 0 Å². The van der Waals surface area contributed by atoms with Crippen molar-refractivity contribution in [2.75, 3.05) is 13.7 Å². The van der Waals surface area contributed by atoms with Crippen LogP contribution in [0.1, 0.15) is 12.8 Å². The van der Waals surface area contributed by atoms with Gasteiger partial charge >= 0.3 is 11.9 Å². The van der Waals surface area contributed by atoms with E-state index in [2.05, 4.69) is 16.6 Å². The van der Waals surface area contributed by atoms with Gasteiger partial charge in [0.1, 0.15) is 6.61 Å². The number of allylic oxidation sites excluding steroid dienone is 1. The molecule has 0 aromatic rings. The van der Waals surface area contributed by atoms with Gasteiger partial charge in [0.2, 0.25) is 0 Å². The van der Waals surface area contributed by atoms with Crippen LogP contribution in [0.15, 0.2) is 24.4 Å². The summed E-state index contributed by atoms with van der Waals surface area (Å²) in [5.41, 5.74) is 0.964. The van der Waals surface area contributed by atoms with Gasteiger partial charge in [-0.3, -0.25) is 0 Å². The van der Waals surface area contributed by atoms with E-state index in [1.807, 2.05) is 0 Å². The van der Waals surface area contributed by atoms with Crippen molar-refractivity contribution in [3.8, 4) is 0 Å². The molecule has 1 fully saturated rings. The predicted octanol–water partition coefficient (Wildman–Crippen LogP) is 0.524. The lowest BCUT2D eigenvalue weighted by Crippen LogP contribution is -2.26. The number of carbonyl (C=O) groups excluding carboxylic acids is 2. The van der Waals surface area contributed by atoms with Gasteiger partial charge in [-0.1, -0.05) is 6.58 Å². The van der Waals surface area contributed by atoms with Gasteiger partial charge in [0.25, 0.3) is 0 Å². The molecule has 0 spiro atoms. The molecular weight excluding hydrogens is 210 g/mol. The maximum absolute atomic E-state index is 11.1. The number of carbonyl (C=O) groups is 2. The Morgan fingerprint density at radius 2 is 2.19 bits per heavy atom. The Hall–Kier alpha value is -1.78. The standard InChI is InChI=1S/C11H15NO4/c1-8-3-4-9(12-8)7-16-11(14)6-5-10(13)15-2/h5-6,9,12H,1,3-4,7H2,2H3/b6-5+. The molecule has 0 radical (unpaired) electrons. The first-order chi connectivity index (χ1) is 7.61. The monoisotopic (exact) mass is 225 g/mol. The molecule has 1 aliphatic rings. The van der Waals surface area contributed by atoms with Crippen molar-refractivity contribution in [2.45, 2.75) is 18.9 Å². The zero-order valence-electron chi connectivity index (χ0n) is 9.19. The lowest BCUT2D eigenvalue weighted by atomic mass is 10.2. The smallest absolute Gasteiger partial charge is 0.331 e. The zero-order chi connectivity index (χ0) is 12.0. The Morgan fingerprint density at radius 3 is 2.75 bits per heavy atom. The molecule has 0 bridgehead atoms. The van der Waals surface area contributed by atoms with Gasteiger partial charge < -0.3 is 14.8 Å². The molecular formula is C11H15NO4. The van der Waals surface area contributed by atoms with Crippen LogP contribution in [-0.4, -0.2) is 31.7 Å². The maximum Gasteiger partial charge on any atom is 0.331 e. The Balaban J connectivity index is 2.22. The van der Waals surface area contributed by atoms with E-state index >= 15 is 0 Å². The Kier molecular flexibility index (Phi) is 4.57. The minimum absolute atomic E-state index is 0.128. The zero-order valence-corrected chi connectivity index (χ0v) is 9.19. The number of hydrogen-bond acceptors (Lipinski definition) is 5. The van der Waals surface area contributed by atoms with Crippen molar-refractivity contribution < 1.29 is 19.1 Å². The highest BCUT2D eigenvalue weighted by Crippen LogP contribution is 2.13. The van der Waals surface area contributed by atoms with Gasteiger partial charge in [0, 0.05) is 17.8 Å². The third-order valence-electron chi connectivity index (χ3n) is 2.19. The first kappa shape index (κ1) is 12.3. The minimum Gasteiger partial charge on any atom is -0.466 e. The summed E-state index contributed by atoms with van der Waals surface area (Å²) >= 11 is 0. The molecule has 16 heavy (non-hydrogen) atoms. The van der Waals surface area contributed by atoms with Crippen LogP contribution in [0.4, 0.5) is 0 Å². The molecule has 1 saturated heterocycles. The Bertz CT molecular complexity index is 322. The molecule has 5 nitrogen and oxygen atoms in total. The van der Waals surface area contributed by atoms with Gasteiger partial charge in [-0.25, -0.2) is 9.59 Å². The van der Waals surface area contributed by atoms with Gasteiger partial charge in [-0.2, -0.15) is 0 Å². The van der Waals surface area contributed by atoms with Crippen molar-refractivity contribution >= 4 is 11.9 Å². The summed E-state index contributed by atoms with van der Waals surface area (Å²) in [6.07, 6.45) is 3.89. The van der Waals surface area contributed by atoms with Crippen molar-refractivity contribution in [2.24, 2.45) is 0 Å². The summed E-state index contributed by atoms with van der Waals surface area (Å²) < 4.78 is 9.27. The Labute approximate surface area is 94.1 Å². The Morgan fingerprint density at radius 1 is 1.50 bits per heavy atom. The number of methoxy groups -OCH3 is 1. The SMILES string of the molecule is C=C1CCC(COC(=O)/C=C/C(=O)OC)N1. The molecule has 0 aromatic carbocycles. The fourth-order valence-electron chi connectivity index (χ4n) is 1.34. The summed E-state index contributed by atoms with van der Waals surface area (Å²) in [7, 11) is 1.24. The summed E-state index contributed by atoms with van der Waals surface area (Å²) in [5.74, 6) is -1.13. The first-order valence-corrected chi connectivity index (χ1v) is 4.99. The van der Waals surface area contributed by atoms with Crippen LogP contribution in [0.2, 0.25) is 0 Å². The van der Waals surface area contributed by atoms with E-state index in [4.69, 9.17) is 4.74 Å². The molecule has 0 aliphatic carbocycles. The molecule has 1 heterocycles. The molecule has 1 aliphatic heterocycles. The van der Waals surface area contributed by atoms with Gasteiger partial charge in [-0.05, 0) is 12.8 Å². The second-order valence-corrected chi connectivity index (χ2v) is 3.47. The van der Waals surface area contributed by atoms with E-state index in [0.29, 0.717) is 0 Å². The number of nitrogens with one attached hydrogen (secondary N) is 1. The lowest BCUT2D eigenvalue weighted by Gasteiger charge is -2.10. The van der Waals surface area contributed by atoms with Crippen LogP contribution in [0, 0.1) is 0 Å². The molecule has 1 atom stereocenters. The van der Waals surface area contributed by atoms with E-state index in [0.717, 1.165) is 30.7 Å². The normalized spacial score (nSPS) is 19.6. The van der Waals surface area contributed by atoms with Crippen LogP contribution in [-0.2, 0) is 19.1 Å². The van der Waals surface area contributed by atoms with Crippen LogP contribution in [0.25, 0.3) is 0 Å². The van der Waals surface area contributed by atoms with Crippen molar-refractivity contribution in [3.05, 3.63) is 24.4 Å². The number of rotatable bonds is 4. The number of esters is 2. The highest BCUT2D eigenvalue weighted by molar-refractivity contribution is 5.91. The van der Waals surface area contributed by atoms with Crippen LogP contribution in [0.3, 0.4) is 0 Å². The molecule has 0 amide bonds. The summed E-state index contributed by atoms with van der Waals surface area (Å²) in [5, 5.41) is 3.10. The highest BCUT2D eigenvalue weighted by atomic mass is 16.5. The maximum atomic E-state index is 11.1. The largest absolute Gasteiger partial charge is 0.466 e. The van der Waals surface area contributed by atoms with Crippen LogP contribution in [0.5, 0.6) is 0 Å². The number of ether oxygens (including phenoxy) is 2. The second-order valence-electron chi connectivity index (χ2n) is 3.47. The van der Waals surface area contributed by atoms with E-state index in [9.17, 15) is 9.59 Å². The van der Waals surface area contributed by atoms with Gasteiger partial charge in [0.05, 0.1) is 13.2 Å². The van der Waals surface area contributed by atoms with Crippen LogP contribution < -0.4 is 5.32 Å². The summed E-state index contributed by atoms with van der Waals surface area (Å²) in [6, 6.07) is 0.128. The topological polar surface area (TPSA) is 64.6 Å². The summed E-state index contributed by atoms with van der Waals surface area (Å²) in [4.78, 5) is 21.8. The molecule has 1 N–H and O–H groups in total. The van der Waals surface area contributed by atoms with E-state index < -0.39 is 11.9 Å². The van der Waals surface area contributed by atoms with E-state index in [-0.39, 0.29) is 12.6 Å². The fourth-order valence-corrected chi connectivity index (χ4v) is 1.34. The van der Waals surface area contributed by atoms with Gasteiger partial charge in [-0.15, -0.1) is 0 Å². The van der Waals surface area contributed by atoms with Gasteiger partial charge in [0.15, 0.2) is 0 Å². The average Bonchev–Trinajstić information content (AvgIpc) is 2.69. The lowest BCUT2D eigenvalue weighted by molar-refractivity contribution is -0.139. The first-order valence-electron chi connectivity index (χ1n) is 4.99. The van der Waals surface area contributed by atoms with Crippen molar-refractivity contribution in [3.63, 3.8) is 0 Å². The fraction of sp³-hybridized carbons (Fsp3) is 0.455. The summed E-state index contributed by atoms with van der Waals surface area (Å²) in [6.45, 7) is 4.06. The number of hydrogen-bond donors (Lipinski definition) is 1. The third-order valence-corrected chi connectivity index (χ3v) is 2.19. The minimum atomic E-state index is -0.579. The van der Waals surface area contributed by atoms with Crippen LogP contribution >= 0.6 is 0 Å². The van der Waals surface area contributed by atoms with E-state index in [1.165, 1.54) is 7.11 Å². The molecule has 88 valence electrons. The molecule has 0 saturated carbocycles. The quantitative estimate of drug-likeness (QED) is 0.558. The molecule has 1 rings (SSSR count). The predicted molar refractivity (Wildman–Crippen MR) is 57.4 cm³/mol. The molecule has 0 aromatic heterocycles. The van der Waals surface area contributed by atoms with E-state index in [1.54, 1.807) is 0 Å². The molecule has 1 unspecified atom stereocenters. The average molecular weight is 225 g/mol. The highest BCUT2D eigenvalue weighted by Gasteiger charge is 2.17. The van der Waals surface area contributed by atoms with Crippen molar-refractivity contribution in [1.82, 2.24) is 5.32 Å².